The maximum absolute atomic E-state index is 11.6. The molecule has 0 fully saturated rings. The highest BCUT2D eigenvalue weighted by Crippen LogP contribution is 2.32. The fourth-order valence-electron chi connectivity index (χ4n) is 1.68. The number of aromatic nitrogens is 1. The van der Waals surface area contributed by atoms with E-state index in [1.807, 2.05) is 6.07 Å². The zero-order valence-corrected chi connectivity index (χ0v) is 11.9. The highest BCUT2D eigenvalue weighted by atomic mass is 35.5. The molecule has 6 heteroatoms. The van der Waals surface area contributed by atoms with Crippen LogP contribution in [0.3, 0.4) is 0 Å². The van der Waals surface area contributed by atoms with Crippen LogP contribution in [0.4, 0.5) is 10.7 Å². The van der Waals surface area contributed by atoms with E-state index in [1.165, 1.54) is 18.5 Å². The van der Waals surface area contributed by atoms with Crippen LogP contribution in [0.2, 0.25) is 5.02 Å². The number of benzene rings is 1. The lowest BCUT2D eigenvalue weighted by molar-refractivity contribution is 0.101. The van der Waals surface area contributed by atoms with Crippen molar-refractivity contribution in [1.29, 1.82) is 5.26 Å². The summed E-state index contributed by atoms with van der Waals surface area (Å²) in [6.07, 6.45) is 0. The van der Waals surface area contributed by atoms with E-state index in [4.69, 9.17) is 16.9 Å². The summed E-state index contributed by atoms with van der Waals surface area (Å²) >= 11 is 7.27. The van der Waals surface area contributed by atoms with Gasteiger partial charge in [0.2, 0.25) is 0 Å². The number of hydrogen-bond donors (Lipinski definition) is 1. The van der Waals surface area contributed by atoms with Crippen molar-refractivity contribution >= 4 is 39.6 Å². The van der Waals surface area contributed by atoms with Crippen molar-refractivity contribution < 1.29 is 4.79 Å². The summed E-state index contributed by atoms with van der Waals surface area (Å²) in [5.74, 6) is -0.0543. The number of nitriles is 1. The Morgan fingerprint density at radius 3 is 2.89 bits per heavy atom. The molecular weight excluding hydrogens is 282 g/mol. The molecule has 0 bridgehead atoms. The number of nitrogens with one attached hydrogen (secondary N) is 1. The van der Waals surface area contributed by atoms with E-state index in [9.17, 15) is 4.79 Å². The van der Waals surface area contributed by atoms with Crippen LogP contribution in [0.1, 0.15) is 28.5 Å². The maximum atomic E-state index is 11.6. The quantitative estimate of drug-likeness (QED) is 0.870. The largest absolute Gasteiger partial charge is 0.344 e. The van der Waals surface area contributed by atoms with Crippen LogP contribution in [0.5, 0.6) is 0 Å². The Morgan fingerprint density at radius 1 is 1.53 bits per heavy atom. The minimum Gasteiger partial charge on any atom is -0.344 e. The summed E-state index contributed by atoms with van der Waals surface area (Å²) in [7, 11) is 0. The van der Waals surface area contributed by atoms with Crippen molar-refractivity contribution in [3.05, 3.63) is 40.0 Å². The summed E-state index contributed by atoms with van der Waals surface area (Å²) in [6.45, 7) is 3.28. The number of halogens is 1. The molecule has 2 aromatic rings. The SMILES string of the molecule is CC(=O)c1c(C)nsc1Nc1cc(C#N)ccc1Cl. The molecule has 0 saturated carbocycles. The first-order valence-corrected chi connectivity index (χ1v) is 6.62. The van der Waals surface area contributed by atoms with Crippen LogP contribution in [0.15, 0.2) is 18.2 Å². The Morgan fingerprint density at radius 2 is 2.26 bits per heavy atom. The van der Waals surface area contributed by atoms with E-state index in [2.05, 4.69) is 9.69 Å². The van der Waals surface area contributed by atoms with Crippen molar-refractivity contribution in [2.75, 3.05) is 5.32 Å². The van der Waals surface area contributed by atoms with Gasteiger partial charge in [0.1, 0.15) is 5.00 Å². The Bertz CT molecular complexity index is 688. The number of carbonyl (C=O) groups is 1. The summed E-state index contributed by atoms with van der Waals surface area (Å²) in [6, 6.07) is 6.96. The van der Waals surface area contributed by atoms with Crippen molar-refractivity contribution in [2.45, 2.75) is 13.8 Å². The molecule has 1 heterocycles. The molecule has 0 amide bonds. The van der Waals surface area contributed by atoms with Gasteiger partial charge in [-0.2, -0.15) is 9.64 Å². The van der Waals surface area contributed by atoms with Gasteiger partial charge in [-0.25, -0.2) is 0 Å². The molecule has 0 spiro atoms. The van der Waals surface area contributed by atoms with Crippen LogP contribution in [-0.4, -0.2) is 10.2 Å². The topological polar surface area (TPSA) is 65.8 Å². The first-order valence-electron chi connectivity index (χ1n) is 5.47. The van der Waals surface area contributed by atoms with E-state index >= 15 is 0 Å². The average Bonchev–Trinajstić information content (AvgIpc) is 2.73. The number of hydrogen-bond acceptors (Lipinski definition) is 5. The van der Waals surface area contributed by atoms with E-state index in [0.717, 1.165) is 0 Å². The number of carbonyl (C=O) groups excluding carboxylic acids is 1. The predicted octanol–water partition coefficient (Wildman–Crippen LogP) is 3.92. The standard InChI is InChI=1S/C13H10ClN3OS/c1-7-12(8(2)18)13(19-17-7)16-11-5-9(6-15)3-4-10(11)14/h3-5,16H,1-2H3. The summed E-state index contributed by atoms with van der Waals surface area (Å²) < 4.78 is 4.16. The third-order valence-corrected chi connectivity index (χ3v) is 3.74. The van der Waals surface area contributed by atoms with Gasteiger partial charge in [-0.3, -0.25) is 4.79 Å². The zero-order chi connectivity index (χ0) is 14.0. The average molecular weight is 292 g/mol. The van der Waals surface area contributed by atoms with Gasteiger partial charge in [-0.15, -0.1) is 0 Å². The molecule has 0 saturated heterocycles. The second-order valence-electron chi connectivity index (χ2n) is 3.96. The second kappa shape index (κ2) is 5.39. The van der Waals surface area contributed by atoms with Gasteiger partial charge in [0.05, 0.1) is 33.6 Å². The summed E-state index contributed by atoms with van der Waals surface area (Å²) in [5, 5.41) is 13.1. The predicted molar refractivity (Wildman–Crippen MR) is 76.3 cm³/mol. The normalized spacial score (nSPS) is 10.0. The highest BCUT2D eigenvalue weighted by Gasteiger charge is 2.15. The van der Waals surface area contributed by atoms with E-state index in [0.29, 0.717) is 32.5 Å². The first-order chi connectivity index (χ1) is 9.02. The highest BCUT2D eigenvalue weighted by molar-refractivity contribution is 7.10. The van der Waals surface area contributed by atoms with E-state index < -0.39 is 0 Å². The Hall–Kier alpha value is -1.90. The monoisotopic (exact) mass is 291 g/mol. The zero-order valence-electron chi connectivity index (χ0n) is 10.3. The van der Waals surface area contributed by atoms with Crippen LogP contribution >= 0.6 is 23.1 Å². The lowest BCUT2D eigenvalue weighted by Crippen LogP contribution is -1.99. The molecule has 96 valence electrons. The molecule has 19 heavy (non-hydrogen) atoms. The number of ketones is 1. The molecule has 0 atom stereocenters. The molecule has 0 unspecified atom stereocenters. The molecule has 1 N–H and O–H groups in total. The Labute approximate surface area is 119 Å². The minimum absolute atomic E-state index is 0.0543. The molecule has 1 aromatic carbocycles. The third-order valence-electron chi connectivity index (χ3n) is 2.56. The molecule has 0 aliphatic rings. The fraction of sp³-hybridized carbons (Fsp3) is 0.154. The van der Waals surface area contributed by atoms with Crippen LogP contribution in [-0.2, 0) is 0 Å². The van der Waals surface area contributed by atoms with Crippen molar-refractivity contribution in [3.8, 4) is 6.07 Å². The van der Waals surface area contributed by atoms with E-state index in [-0.39, 0.29) is 5.78 Å². The molecule has 0 aliphatic heterocycles. The van der Waals surface area contributed by atoms with Gasteiger partial charge < -0.3 is 5.32 Å². The van der Waals surface area contributed by atoms with Crippen LogP contribution < -0.4 is 5.32 Å². The Balaban J connectivity index is 2.42. The van der Waals surface area contributed by atoms with Crippen LogP contribution in [0, 0.1) is 18.3 Å². The molecule has 4 nitrogen and oxygen atoms in total. The van der Waals surface area contributed by atoms with Crippen molar-refractivity contribution in [1.82, 2.24) is 4.37 Å². The molecule has 0 aliphatic carbocycles. The lowest BCUT2D eigenvalue weighted by Gasteiger charge is -2.07. The van der Waals surface area contributed by atoms with Gasteiger partial charge in [-0.1, -0.05) is 11.6 Å². The van der Waals surface area contributed by atoms with Gasteiger partial charge in [0.25, 0.3) is 0 Å². The second-order valence-corrected chi connectivity index (χ2v) is 5.14. The van der Waals surface area contributed by atoms with Crippen molar-refractivity contribution in [3.63, 3.8) is 0 Å². The smallest absolute Gasteiger partial charge is 0.164 e. The number of rotatable bonds is 3. The third kappa shape index (κ3) is 2.75. The van der Waals surface area contributed by atoms with Crippen molar-refractivity contribution in [2.24, 2.45) is 0 Å². The summed E-state index contributed by atoms with van der Waals surface area (Å²) in [5.41, 5.74) is 2.33. The maximum Gasteiger partial charge on any atom is 0.164 e. The fourth-order valence-corrected chi connectivity index (χ4v) is 2.71. The van der Waals surface area contributed by atoms with Crippen LogP contribution in [0.25, 0.3) is 0 Å². The molecule has 0 radical (unpaired) electrons. The Kier molecular flexibility index (Phi) is 3.84. The lowest BCUT2D eigenvalue weighted by atomic mass is 10.1. The summed E-state index contributed by atoms with van der Waals surface area (Å²) in [4.78, 5) is 11.6. The van der Waals surface area contributed by atoms with Gasteiger partial charge >= 0.3 is 0 Å². The van der Waals surface area contributed by atoms with Gasteiger partial charge in [0, 0.05) is 0 Å². The molecule has 1 aromatic heterocycles. The number of anilines is 2. The van der Waals surface area contributed by atoms with Gasteiger partial charge in [-0.05, 0) is 43.6 Å². The number of Topliss-reactive ketones (excluding diaryl/α,β-unsaturated/α-hetero) is 1. The van der Waals surface area contributed by atoms with E-state index in [1.54, 1.807) is 25.1 Å². The number of nitrogens with zero attached hydrogens (tertiary/aromatic N) is 2. The first kappa shape index (κ1) is 13.5. The number of aryl methyl sites for hydroxylation is 1. The molecular formula is C13H10ClN3OS. The van der Waals surface area contributed by atoms with Gasteiger partial charge in [0.15, 0.2) is 5.78 Å². The minimum atomic E-state index is -0.0543. The molecule has 2 rings (SSSR count).